The van der Waals surface area contributed by atoms with Crippen molar-refractivity contribution in [2.75, 3.05) is 39.8 Å². The monoisotopic (exact) mass is 297 g/mol. The summed E-state index contributed by atoms with van der Waals surface area (Å²) >= 11 is 0. The minimum atomic E-state index is -0.242. The molecule has 0 spiro atoms. The van der Waals surface area contributed by atoms with Gasteiger partial charge in [-0.15, -0.1) is 0 Å². The van der Waals surface area contributed by atoms with Gasteiger partial charge in [0.15, 0.2) is 0 Å². The molecule has 2 aliphatic heterocycles. The number of carbonyl (C=O) groups excluding carboxylic acids is 2. The Morgan fingerprint density at radius 2 is 2.00 bits per heavy atom. The summed E-state index contributed by atoms with van der Waals surface area (Å²) in [4.78, 5) is 28.6. The van der Waals surface area contributed by atoms with Crippen molar-refractivity contribution in [3.8, 4) is 0 Å². The maximum Gasteiger partial charge on any atom is 0.245 e. The Balaban J connectivity index is 1.89. The molecule has 6 nitrogen and oxygen atoms in total. The zero-order valence-corrected chi connectivity index (χ0v) is 13.1. The van der Waals surface area contributed by atoms with Crippen molar-refractivity contribution in [1.29, 1.82) is 0 Å². The average Bonchev–Trinajstić information content (AvgIpc) is 3.01. The minimum absolute atomic E-state index is 0.0823. The van der Waals surface area contributed by atoms with E-state index >= 15 is 0 Å². The number of ether oxygens (including phenoxy) is 1. The molecule has 2 amide bonds. The lowest BCUT2D eigenvalue weighted by molar-refractivity contribution is -0.144. The molecule has 2 heterocycles. The van der Waals surface area contributed by atoms with E-state index in [1.54, 1.807) is 12.0 Å². The second kappa shape index (κ2) is 7.75. The summed E-state index contributed by atoms with van der Waals surface area (Å²) < 4.78 is 5.18. The molecule has 120 valence electrons. The third kappa shape index (κ3) is 4.17. The van der Waals surface area contributed by atoms with E-state index in [2.05, 4.69) is 5.32 Å². The van der Waals surface area contributed by atoms with Crippen molar-refractivity contribution >= 4 is 11.8 Å². The molecule has 2 rings (SSSR count). The molecule has 1 N–H and O–H groups in total. The van der Waals surface area contributed by atoms with Gasteiger partial charge in [0, 0.05) is 46.3 Å². The molecule has 0 bridgehead atoms. The molecule has 2 atom stereocenters. The first-order valence-electron chi connectivity index (χ1n) is 7.95. The lowest BCUT2D eigenvalue weighted by Gasteiger charge is -2.33. The predicted octanol–water partition coefficient (Wildman–Crippen LogP) is 0.224. The summed E-state index contributed by atoms with van der Waals surface area (Å²) in [5.41, 5.74) is 0. The number of methoxy groups -OCH3 is 1. The molecule has 0 aromatic heterocycles. The molecule has 0 aliphatic carbocycles. The van der Waals surface area contributed by atoms with Crippen LogP contribution in [-0.2, 0) is 14.3 Å². The molecular formula is C15H27N3O3. The van der Waals surface area contributed by atoms with E-state index in [-0.39, 0.29) is 24.0 Å². The van der Waals surface area contributed by atoms with Crippen LogP contribution in [0.15, 0.2) is 0 Å². The van der Waals surface area contributed by atoms with Gasteiger partial charge in [0.2, 0.25) is 11.8 Å². The first kappa shape index (κ1) is 16.2. The second-order valence-corrected chi connectivity index (χ2v) is 5.91. The van der Waals surface area contributed by atoms with Gasteiger partial charge in [0.05, 0.1) is 6.10 Å². The standard InChI is InChI=1S/C15H27N3O3/c1-12(21-2)5-6-14(19)18-9-3-4-13(18)15(20)17-10-7-16-8-11-17/h12-13,16H,3-11H2,1-2H3. The molecule has 0 saturated carbocycles. The van der Waals surface area contributed by atoms with Crippen molar-refractivity contribution < 1.29 is 14.3 Å². The van der Waals surface area contributed by atoms with Crippen LogP contribution in [0.1, 0.15) is 32.6 Å². The molecule has 21 heavy (non-hydrogen) atoms. The summed E-state index contributed by atoms with van der Waals surface area (Å²) in [7, 11) is 1.65. The molecule has 2 aliphatic rings. The Bertz CT molecular complexity index is 369. The van der Waals surface area contributed by atoms with Crippen LogP contribution in [0.4, 0.5) is 0 Å². The van der Waals surface area contributed by atoms with Gasteiger partial charge < -0.3 is 19.9 Å². The number of carbonyl (C=O) groups is 2. The van der Waals surface area contributed by atoms with Crippen LogP contribution >= 0.6 is 0 Å². The number of nitrogens with one attached hydrogen (secondary N) is 1. The zero-order chi connectivity index (χ0) is 15.2. The number of rotatable bonds is 5. The number of nitrogens with zero attached hydrogens (tertiary/aromatic N) is 2. The van der Waals surface area contributed by atoms with Crippen LogP contribution in [0, 0.1) is 0 Å². The van der Waals surface area contributed by atoms with Crippen LogP contribution in [-0.4, -0.2) is 73.6 Å². The van der Waals surface area contributed by atoms with Crippen LogP contribution in [0.3, 0.4) is 0 Å². The topological polar surface area (TPSA) is 61.9 Å². The summed E-state index contributed by atoms with van der Waals surface area (Å²) in [6.07, 6.45) is 2.97. The highest BCUT2D eigenvalue weighted by Gasteiger charge is 2.36. The summed E-state index contributed by atoms with van der Waals surface area (Å²) in [5, 5.41) is 3.25. The Morgan fingerprint density at radius 3 is 2.67 bits per heavy atom. The largest absolute Gasteiger partial charge is 0.382 e. The van der Waals surface area contributed by atoms with E-state index in [1.807, 2.05) is 11.8 Å². The molecule has 0 radical (unpaired) electrons. The molecule has 0 aromatic carbocycles. The van der Waals surface area contributed by atoms with Crippen LogP contribution < -0.4 is 5.32 Å². The third-order valence-electron chi connectivity index (χ3n) is 4.45. The van der Waals surface area contributed by atoms with Gasteiger partial charge in [-0.2, -0.15) is 0 Å². The fourth-order valence-corrected chi connectivity index (χ4v) is 3.01. The fourth-order valence-electron chi connectivity index (χ4n) is 3.01. The maximum atomic E-state index is 12.6. The van der Waals surface area contributed by atoms with E-state index < -0.39 is 0 Å². The fraction of sp³-hybridized carbons (Fsp3) is 0.867. The number of hydrogen-bond acceptors (Lipinski definition) is 4. The molecule has 6 heteroatoms. The van der Waals surface area contributed by atoms with E-state index in [9.17, 15) is 9.59 Å². The lowest BCUT2D eigenvalue weighted by atomic mass is 10.1. The third-order valence-corrected chi connectivity index (χ3v) is 4.45. The van der Waals surface area contributed by atoms with Gasteiger partial charge in [-0.25, -0.2) is 0 Å². The quantitative estimate of drug-likeness (QED) is 0.789. The van der Waals surface area contributed by atoms with E-state index in [0.717, 1.165) is 39.0 Å². The van der Waals surface area contributed by atoms with Crippen molar-refractivity contribution in [3.05, 3.63) is 0 Å². The van der Waals surface area contributed by atoms with Gasteiger partial charge in [-0.1, -0.05) is 0 Å². The molecular weight excluding hydrogens is 270 g/mol. The van der Waals surface area contributed by atoms with Crippen molar-refractivity contribution in [2.24, 2.45) is 0 Å². The maximum absolute atomic E-state index is 12.6. The van der Waals surface area contributed by atoms with Crippen LogP contribution in [0.2, 0.25) is 0 Å². The van der Waals surface area contributed by atoms with Gasteiger partial charge in [0.1, 0.15) is 6.04 Å². The molecule has 2 unspecified atom stereocenters. The normalized spacial score (nSPS) is 24.2. The number of amides is 2. The van der Waals surface area contributed by atoms with E-state index in [0.29, 0.717) is 19.4 Å². The van der Waals surface area contributed by atoms with Gasteiger partial charge >= 0.3 is 0 Å². The highest BCUT2D eigenvalue weighted by molar-refractivity contribution is 5.88. The van der Waals surface area contributed by atoms with Gasteiger partial charge in [-0.05, 0) is 26.2 Å². The van der Waals surface area contributed by atoms with Crippen molar-refractivity contribution in [2.45, 2.75) is 44.8 Å². The molecule has 0 aromatic rings. The molecule has 2 fully saturated rings. The highest BCUT2D eigenvalue weighted by Crippen LogP contribution is 2.21. The number of likely N-dealkylation sites (tertiary alicyclic amines) is 1. The Labute approximate surface area is 126 Å². The number of hydrogen-bond donors (Lipinski definition) is 1. The number of piperazine rings is 1. The summed E-state index contributed by atoms with van der Waals surface area (Å²) in [6, 6.07) is -0.242. The van der Waals surface area contributed by atoms with E-state index in [1.165, 1.54) is 0 Å². The second-order valence-electron chi connectivity index (χ2n) is 5.91. The average molecular weight is 297 g/mol. The lowest BCUT2D eigenvalue weighted by Crippen LogP contribution is -2.53. The van der Waals surface area contributed by atoms with Crippen molar-refractivity contribution in [1.82, 2.24) is 15.1 Å². The first-order chi connectivity index (χ1) is 10.1. The zero-order valence-electron chi connectivity index (χ0n) is 13.1. The highest BCUT2D eigenvalue weighted by atomic mass is 16.5. The Morgan fingerprint density at radius 1 is 1.29 bits per heavy atom. The predicted molar refractivity (Wildman–Crippen MR) is 79.9 cm³/mol. The minimum Gasteiger partial charge on any atom is -0.382 e. The molecule has 2 saturated heterocycles. The summed E-state index contributed by atoms with van der Waals surface area (Å²) in [6.45, 7) is 5.86. The Hall–Kier alpha value is -1.14. The van der Waals surface area contributed by atoms with Crippen LogP contribution in [0.5, 0.6) is 0 Å². The SMILES string of the molecule is COC(C)CCC(=O)N1CCCC1C(=O)N1CCNCC1. The Kier molecular flexibility index (Phi) is 5.99. The van der Waals surface area contributed by atoms with E-state index in [4.69, 9.17) is 4.74 Å². The summed E-state index contributed by atoms with van der Waals surface area (Å²) in [5.74, 6) is 0.215. The first-order valence-corrected chi connectivity index (χ1v) is 7.95. The van der Waals surface area contributed by atoms with Gasteiger partial charge in [0.25, 0.3) is 0 Å². The smallest absolute Gasteiger partial charge is 0.245 e. The van der Waals surface area contributed by atoms with Crippen LogP contribution in [0.25, 0.3) is 0 Å². The van der Waals surface area contributed by atoms with Crippen molar-refractivity contribution in [3.63, 3.8) is 0 Å². The van der Waals surface area contributed by atoms with Gasteiger partial charge in [-0.3, -0.25) is 9.59 Å².